The van der Waals surface area contributed by atoms with Crippen LogP contribution >= 0.6 is 11.6 Å². The molecule has 116 valence electrons. The van der Waals surface area contributed by atoms with Crippen LogP contribution in [0.25, 0.3) is 5.57 Å². The number of halogens is 1. The topological polar surface area (TPSA) is 75.3 Å². The molecule has 0 atom stereocenters. The van der Waals surface area contributed by atoms with Gasteiger partial charge in [-0.1, -0.05) is 29.8 Å². The van der Waals surface area contributed by atoms with Crippen molar-refractivity contribution >= 4 is 33.1 Å². The maximum absolute atomic E-state index is 11.7. The van der Waals surface area contributed by atoms with Crippen LogP contribution in [0.5, 0.6) is 0 Å². The molecule has 5 nitrogen and oxygen atoms in total. The van der Waals surface area contributed by atoms with Gasteiger partial charge < -0.3 is 5.32 Å². The fraction of sp³-hybridized carbons (Fsp3) is 0.357. The number of rotatable bonds is 7. The third kappa shape index (κ3) is 6.29. The van der Waals surface area contributed by atoms with Crippen LogP contribution in [0, 0.1) is 0 Å². The van der Waals surface area contributed by atoms with Gasteiger partial charge in [0.2, 0.25) is 15.9 Å². The molecular formula is C14H19ClN2O3S. The quantitative estimate of drug-likeness (QED) is 0.591. The van der Waals surface area contributed by atoms with Gasteiger partial charge in [-0.3, -0.25) is 4.79 Å². The highest BCUT2D eigenvalue weighted by molar-refractivity contribution is 7.89. The third-order valence-corrected chi connectivity index (χ3v) is 4.51. The number of allylic oxidation sites excluding steroid dienone is 1. The lowest BCUT2D eigenvalue weighted by Gasteiger charge is -2.06. The molecule has 0 saturated heterocycles. The summed E-state index contributed by atoms with van der Waals surface area (Å²) in [6.07, 6.45) is 1.44. The Bertz CT molecular complexity index is 627. The van der Waals surface area contributed by atoms with Crippen LogP contribution in [0.15, 0.2) is 30.3 Å². The van der Waals surface area contributed by atoms with Crippen LogP contribution in [-0.2, 0) is 14.8 Å². The van der Waals surface area contributed by atoms with E-state index < -0.39 is 10.0 Å². The number of benzene rings is 1. The minimum atomic E-state index is -3.22. The SMILES string of the molecule is CCS(=O)(=O)NCCNC(=O)/C=C(\C)c1ccccc1Cl. The molecule has 0 fully saturated rings. The van der Waals surface area contributed by atoms with Crippen molar-refractivity contribution in [1.82, 2.24) is 10.0 Å². The van der Waals surface area contributed by atoms with Crippen LogP contribution in [0.2, 0.25) is 5.02 Å². The van der Waals surface area contributed by atoms with Crippen molar-refractivity contribution in [3.63, 3.8) is 0 Å². The Hall–Kier alpha value is -1.37. The van der Waals surface area contributed by atoms with Gasteiger partial charge in [0.25, 0.3) is 0 Å². The highest BCUT2D eigenvalue weighted by Gasteiger charge is 2.06. The Labute approximate surface area is 130 Å². The zero-order valence-electron chi connectivity index (χ0n) is 12.0. The molecule has 21 heavy (non-hydrogen) atoms. The summed E-state index contributed by atoms with van der Waals surface area (Å²) in [6.45, 7) is 3.74. The first-order chi connectivity index (χ1) is 9.85. The Morgan fingerprint density at radius 3 is 2.57 bits per heavy atom. The van der Waals surface area contributed by atoms with Gasteiger partial charge in [-0.2, -0.15) is 0 Å². The largest absolute Gasteiger partial charge is 0.351 e. The standard InChI is InChI=1S/C14H19ClN2O3S/c1-3-21(19,20)17-9-8-16-14(18)10-11(2)12-6-4-5-7-13(12)15/h4-7,10,17H,3,8-9H2,1-2H3,(H,16,18)/b11-10+. The fourth-order valence-corrected chi connectivity index (χ4v) is 2.50. The number of amides is 1. The molecule has 0 bridgehead atoms. The molecule has 0 aliphatic rings. The van der Waals surface area contributed by atoms with E-state index in [1.165, 1.54) is 6.08 Å². The molecule has 0 spiro atoms. The van der Waals surface area contributed by atoms with Crippen molar-refractivity contribution in [2.24, 2.45) is 0 Å². The smallest absolute Gasteiger partial charge is 0.244 e. The lowest BCUT2D eigenvalue weighted by Crippen LogP contribution is -2.34. The summed E-state index contributed by atoms with van der Waals surface area (Å²) in [4.78, 5) is 11.7. The van der Waals surface area contributed by atoms with E-state index in [1.54, 1.807) is 19.9 Å². The number of nitrogens with one attached hydrogen (secondary N) is 2. The monoisotopic (exact) mass is 330 g/mol. The van der Waals surface area contributed by atoms with Crippen molar-refractivity contribution in [1.29, 1.82) is 0 Å². The average molecular weight is 331 g/mol. The van der Waals surface area contributed by atoms with E-state index in [0.717, 1.165) is 11.1 Å². The molecule has 1 amide bonds. The molecule has 0 radical (unpaired) electrons. The van der Waals surface area contributed by atoms with Gasteiger partial charge in [0, 0.05) is 24.2 Å². The molecular weight excluding hydrogens is 312 g/mol. The van der Waals surface area contributed by atoms with Gasteiger partial charge in [-0.15, -0.1) is 0 Å². The van der Waals surface area contributed by atoms with E-state index in [2.05, 4.69) is 10.0 Å². The van der Waals surface area contributed by atoms with Crippen LogP contribution < -0.4 is 10.0 Å². The second-order valence-electron chi connectivity index (χ2n) is 4.40. The zero-order chi connectivity index (χ0) is 15.9. The second-order valence-corrected chi connectivity index (χ2v) is 6.90. The lowest BCUT2D eigenvalue weighted by atomic mass is 10.1. The summed E-state index contributed by atoms with van der Waals surface area (Å²) in [6, 6.07) is 7.25. The summed E-state index contributed by atoms with van der Waals surface area (Å²) >= 11 is 6.05. The second kappa shape index (κ2) is 8.17. The van der Waals surface area contributed by atoms with Crippen molar-refractivity contribution in [2.45, 2.75) is 13.8 Å². The first-order valence-corrected chi connectivity index (χ1v) is 8.57. The van der Waals surface area contributed by atoms with Crippen molar-refractivity contribution in [3.05, 3.63) is 40.9 Å². The number of hydrogen-bond acceptors (Lipinski definition) is 3. The predicted molar refractivity (Wildman–Crippen MR) is 85.6 cm³/mol. The zero-order valence-corrected chi connectivity index (χ0v) is 13.6. The van der Waals surface area contributed by atoms with E-state index in [9.17, 15) is 13.2 Å². The van der Waals surface area contributed by atoms with Crippen LogP contribution in [-0.4, -0.2) is 33.2 Å². The first-order valence-electron chi connectivity index (χ1n) is 6.54. The highest BCUT2D eigenvalue weighted by atomic mass is 35.5. The number of hydrogen-bond donors (Lipinski definition) is 2. The van der Waals surface area contributed by atoms with E-state index in [-0.39, 0.29) is 24.7 Å². The Morgan fingerprint density at radius 1 is 1.29 bits per heavy atom. The predicted octanol–water partition coefficient (Wildman–Crippen LogP) is 1.80. The summed E-state index contributed by atoms with van der Waals surface area (Å²) < 4.78 is 24.8. The molecule has 0 aliphatic heterocycles. The summed E-state index contributed by atoms with van der Waals surface area (Å²) in [7, 11) is -3.22. The molecule has 0 saturated carbocycles. The van der Waals surface area contributed by atoms with Gasteiger partial charge in [-0.05, 0) is 31.1 Å². The van der Waals surface area contributed by atoms with E-state index in [0.29, 0.717) is 5.02 Å². The van der Waals surface area contributed by atoms with E-state index in [4.69, 9.17) is 11.6 Å². The highest BCUT2D eigenvalue weighted by Crippen LogP contribution is 2.22. The molecule has 0 aliphatic carbocycles. The maximum atomic E-state index is 11.7. The number of carbonyl (C=O) groups excluding carboxylic acids is 1. The number of carbonyl (C=O) groups is 1. The van der Waals surface area contributed by atoms with Crippen molar-refractivity contribution in [2.75, 3.05) is 18.8 Å². The minimum Gasteiger partial charge on any atom is -0.351 e. The first kappa shape index (κ1) is 17.7. The maximum Gasteiger partial charge on any atom is 0.244 e. The normalized spacial score (nSPS) is 12.2. The molecule has 1 rings (SSSR count). The summed E-state index contributed by atoms with van der Waals surface area (Å²) in [5.74, 6) is -0.268. The molecule has 0 heterocycles. The van der Waals surface area contributed by atoms with Gasteiger partial charge in [0.1, 0.15) is 0 Å². The van der Waals surface area contributed by atoms with Gasteiger partial charge in [0.05, 0.1) is 5.75 Å². The van der Waals surface area contributed by atoms with E-state index >= 15 is 0 Å². The van der Waals surface area contributed by atoms with Gasteiger partial charge >= 0.3 is 0 Å². The lowest BCUT2D eigenvalue weighted by molar-refractivity contribution is -0.116. The van der Waals surface area contributed by atoms with Gasteiger partial charge in [0.15, 0.2) is 0 Å². The Balaban J connectivity index is 2.50. The molecule has 1 aromatic carbocycles. The molecule has 1 aromatic rings. The third-order valence-electron chi connectivity index (χ3n) is 2.77. The number of sulfonamides is 1. The molecule has 0 unspecified atom stereocenters. The van der Waals surface area contributed by atoms with E-state index in [1.807, 2.05) is 18.2 Å². The average Bonchev–Trinajstić information content (AvgIpc) is 2.44. The molecule has 7 heteroatoms. The van der Waals surface area contributed by atoms with Crippen LogP contribution in [0.4, 0.5) is 0 Å². The van der Waals surface area contributed by atoms with Crippen molar-refractivity contribution in [3.8, 4) is 0 Å². The van der Waals surface area contributed by atoms with Crippen LogP contribution in [0.3, 0.4) is 0 Å². The Kier molecular flexibility index (Phi) is 6.87. The molecule has 2 N–H and O–H groups in total. The summed E-state index contributed by atoms with van der Waals surface area (Å²) in [5, 5.41) is 3.19. The summed E-state index contributed by atoms with van der Waals surface area (Å²) in [5.41, 5.74) is 1.54. The minimum absolute atomic E-state index is 0.0203. The van der Waals surface area contributed by atoms with Gasteiger partial charge in [-0.25, -0.2) is 13.1 Å². The van der Waals surface area contributed by atoms with Crippen LogP contribution in [0.1, 0.15) is 19.4 Å². The Morgan fingerprint density at radius 2 is 1.95 bits per heavy atom. The fourth-order valence-electron chi connectivity index (χ4n) is 1.60. The molecule has 0 aromatic heterocycles. The van der Waals surface area contributed by atoms with Crippen molar-refractivity contribution < 1.29 is 13.2 Å².